The van der Waals surface area contributed by atoms with E-state index < -0.39 is 6.04 Å². The summed E-state index contributed by atoms with van der Waals surface area (Å²) in [5.74, 6) is -0.278. The van der Waals surface area contributed by atoms with E-state index in [2.05, 4.69) is 28.8 Å². The van der Waals surface area contributed by atoms with E-state index in [-0.39, 0.29) is 11.8 Å². The smallest absolute Gasteiger partial charge is 0.254 e. The fourth-order valence-electron chi connectivity index (χ4n) is 3.21. The van der Waals surface area contributed by atoms with Gasteiger partial charge in [-0.25, -0.2) is 4.98 Å². The molecule has 0 fully saturated rings. The monoisotopic (exact) mass is 397 g/mol. The largest absolute Gasteiger partial charge is 0.351 e. The number of amides is 2. The third kappa shape index (κ3) is 7.18. The molecule has 7 heteroatoms. The summed E-state index contributed by atoms with van der Waals surface area (Å²) < 4.78 is 1.97. The summed E-state index contributed by atoms with van der Waals surface area (Å²) in [6.07, 6.45) is 14.6. The van der Waals surface area contributed by atoms with Crippen molar-refractivity contribution in [3.8, 4) is 0 Å². The predicted octanol–water partition coefficient (Wildman–Crippen LogP) is 3.06. The Balaban J connectivity index is 2.19. The number of unbranched alkanes of at least 4 members (excludes halogenated alkanes) is 2. The van der Waals surface area contributed by atoms with E-state index in [1.54, 1.807) is 48.0 Å². The summed E-state index contributed by atoms with van der Waals surface area (Å²) in [6.45, 7) is 7.39. The van der Waals surface area contributed by atoms with Gasteiger partial charge in [-0.05, 0) is 25.0 Å². The number of hydrogen-bond acceptors (Lipinski definition) is 4. The Labute approximate surface area is 172 Å². The molecule has 2 rings (SSSR count). The highest BCUT2D eigenvalue weighted by atomic mass is 16.2. The number of aromatic nitrogens is 3. The van der Waals surface area contributed by atoms with E-state index in [0.29, 0.717) is 25.1 Å². The minimum absolute atomic E-state index is 0.133. The SMILES string of the molecule is C=CCNC(=O)C(CCCCC)N(CCCn1ccnc1)C(=O)c1ccncc1. The molecule has 0 saturated carbocycles. The second-order valence-corrected chi connectivity index (χ2v) is 6.93. The number of rotatable bonds is 13. The quantitative estimate of drug-likeness (QED) is 0.416. The highest BCUT2D eigenvalue weighted by molar-refractivity contribution is 5.97. The van der Waals surface area contributed by atoms with Gasteiger partial charge in [-0.15, -0.1) is 6.58 Å². The zero-order valence-corrected chi connectivity index (χ0v) is 17.2. The highest BCUT2D eigenvalue weighted by Crippen LogP contribution is 2.16. The van der Waals surface area contributed by atoms with Crippen LogP contribution in [0.1, 0.15) is 49.4 Å². The molecule has 7 nitrogen and oxygen atoms in total. The molecule has 0 saturated heterocycles. The first-order valence-electron chi connectivity index (χ1n) is 10.2. The summed E-state index contributed by atoms with van der Waals surface area (Å²) in [5, 5.41) is 2.87. The Morgan fingerprint density at radius 3 is 2.66 bits per heavy atom. The van der Waals surface area contributed by atoms with Crippen molar-refractivity contribution in [1.29, 1.82) is 0 Å². The van der Waals surface area contributed by atoms with Crippen LogP contribution >= 0.6 is 0 Å². The van der Waals surface area contributed by atoms with Crippen molar-refractivity contribution >= 4 is 11.8 Å². The van der Waals surface area contributed by atoms with Gasteiger partial charge in [0.1, 0.15) is 6.04 Å². The maximum Gasteiger partial charge on any atom is 0.254 e. The molecule has 0 spiro atoms. The summed E-state index contributed by atoms with van der Waals surface area (Å²) in [7, 11) is 0. The molecule has 2 aromatic heterocycles. The Bertz CT molecular complexity index is 746. The van der Waals surface area contributed by atoms with Gasteiger partial charge in [-0.1, -0.05) is 32.3 Å². The number of imidazole rings is 1. The van der Waals surface area contributed by atoms with E-state index >= 15 is 0 Å². The first-order valence-corrected chi connectivity index (χ1v) is 10.2. The van der Waals surface area contributed by atoms with Crippen LogP contribution in [0.2, 0.25) is 0 Å². The lowest BCUT2D eigenvalue weighted by Crippen LogP contribution is -2.50. The van der Waals surface area contributed by atoms with Gasteiger partial charge in [0, 0.05) is 50.0 Å². The van der Waals surface area contributed by atoms with Gasteiger partial charge in [0.15, 0.2) is 0 Å². The van der Waals surface area contributed by atoms with Gasteiger partial charge in [0.25, 0.3) is 5.91 Å². The zero-order chi connectivity index (χ0) is 20.9. The van der Waals surface area contributed by atoms with Crippen molar-refractivity contribution in [3.63, 3.8) is 0 Å². The number of carbonyl (C=O) groups excluding carboxylic acids is 2. The number of hydrogen-bond donors (Lipinski definition) is 1. The molecule has 2 aromatic rings. The van der Waals surface area contributed by atoms with Crippen molar-refractivity contribution in [2.24, 2.45) is 0 Å². The van der Waals surface area contributed by atoms with Crippen LogP contribution in [0.5, 0.6) is 0 Å². The van der Waals surface area contributed by atoms with E-state index in [1.165, 1.54) is 0 Å². The standard InChI is InChI=1S/C22H31N5O2/c1-3-5-6-8-20(21(28)25-11-4-2)27(16-7-15-26-17-14-24-18-26)22(29)19-9-12-23-13-10-19/h4,9-10,12-14,17-18,20H,2-3,5-8,11,15-16H2,1H3,(H,25,28). The number of nitrogens with one attached hydrogen (secondary N) is 1. The third-order valence-electron chi connectivity index (χ3n) is 4.74. The van der Waals surface area contributed by atoms with E-state index in [0.717, 1.165) is 32.2 Å². The normalized spacial score (nSPS) is 11.6. The summed E-state index contributed by atoms with van der Waals surface area (Å²) in [4.78, 5) is 35.9. The average molecular weight is 398 g/mol. The van der Waals surface area contributed by atoms with Crippen molar-refractivity contribution in [1.82, 2.24) is 24.8 Å². The molecule has 0 aliphatic carbocycles. The average Bonchev–Trinajstić information content (AvgIpc) is 3.27. The second kappa shape index (κ2) is 12.5. The van der Waals surface area contributed by atoms with Crippen molar-refractivity contribution in [2.45, 2.75) is 51.6 Å². The molecule has 0 aromatic carbocycles. The molecule has 1 unspecified atom stereocenters. The molecule has 0 aliphatic heterocycles. The summed E-state index contributed by atoms with van der Waals surface area (Å²) in [6, 6.07) is 2.87. The van der Waals surface area contributed by atoms with Gasteiger partial charge >= 0.3 is 0 Å². The molecule has 1 atom stereocenters. The predicted molar refractivity (Wildman–Crippen MR) is 113 cm³/mol. The van der Waals surface area contributed by atoms with E-state index in [4.69, 9.17) is 0 Å². The molecular weight excluding hydrogens is 366 g/mol. The lowest BCUT2D eigenvalue weighted by molar-refractivity contribution is -0.125. The third-order valence-corrected chi connectivity index (χ3v) is 4.74. The van der Waals surface area contributed by atoms with E-state index in [9.17, 15) is 9.59 Å². The van der Waals surface area contributed by atoms with Gasteiger partial charge in [0.05, 0.1) is 6.33 Å². The topological polar surface area (TPSA) is 80.1 Å². The molecule has 156 valence electrons. The molecule has 2 amide bonds. The van der Waals surface area contributed by atoms with Crippen LogP contribution in [0.25, 0.3) is 0 Å². The first kappa shape index (κ1) is 22.3. The van der Waals surface area contributed by atoms with Gasteiger partial charge in [-0.2, -0.15) is 0 Å². The maximum absolute atomic E-state index is 13.3. The molecule has 0 bridgehead atoms. The van der Waals surface area contributed by atoms with Gasteiger partial charge in [-0.3, -0.25) is 14.6 Å². The molecule has 2 heterocycles. The Hall–Kier alpha value is -2.96. The van der Waals surface area contributed by atoms with Crippen LogP contribution in [-0.2, 0) is 11.3 Å². The van der Waals surface area contributed by atoms with Crippen LogP contribution in [0.3, 0.4) is 0 Å². The van der Waals surface area contributed by atoms with Crippen LogP contribution in [0.15, 0.2) is 55.9 Å². The summed E-state index contributed by atoms with van der Waals surface area (Å²) in [5.41, 5.74) is 0.541. The Morgan fingerprint density at radius 2 is 2.00 bits per heavy atom. The minimum Gasteiger partial charge on any atom is -0.351 e. The fourth-order valence-corrected chi connectivity index (χ4v) is 3.21. The lowest BCUT2D eigenvalue weighted by Gasteiger charge is -2.31. The Kier molecular flexibility index (Phi) is 9.62. The van der Waals surface area contributed by atoms with Crippen molar-refractivity contribution < 1.29 is 9.59 Å². The van der Waals surface area contributed by atoms with Crippen LogP contribution in [0, 0.1) is 0 Å². The fraction of sp³-hybridized carbons (Fsp3) is 0.455. The number of carbonyl (C=O) groups is 2. The Morgan fingerprint density at radius 1 is 1.21 bits per heavy atom. The molecule has 1 N–H and O–H groups in total. The lowest BCUT2D eigenvalue weighted by atomic mass is 10.0. The van der Waals surface area contributed by atoms with Crippen LogP contribution in [0.4, 0.5) is 0 Å². The number of aryl methyl sites for hydroxylation is 1. The number of nitrogens with zero attached hydrogens (tertiary/aromatic N) is 4. The molecular formula is C22H31N5O2. The molecule has 29 heavy (non-hydrogen) atoms. The van der Waals surface area contributed by atoms with Crippen molar-refractivity contribution in [2.75, 3.05) is 13.1 Å². The molecule has 0 radical (unpaired) electrons. The number of pyridine rings is 1. The first-order chi connectivity index (χ1) is 14.2. The van der Waals surface area contributed by atoms with Gasteiger partial charge < -0.3 is 14.8 Å². The van der Waals surface area contributed by atoms with Crippen molar-refractivity contribution in [3.05, 3.63) is 61.5 Å². The van der Waals surface area contributed by atoms with Gasteiger partial charge in [0.2, 0.25) is 5.91 Å². The summed E-state index contributed by atoms with van der Waals surface area (Å²) >= 11 is 0. The van der Waals surface area contributed by atoms with E-state index in [1.807, 2.05) is 10.8 Å². The second-order valence-electron chi connectivity index (χ2n) is 6.93. The molecule has 0 aliphatic rings. The van der Waals surface area contributed by atoms with Crippen LogP contribution < -0.4 is 5.32 Å². The minimum atomic E-state index is -0.509. The van der Waals surface area contributed by atoms with Crippen LogP contribution in [-0.4, -0.2) is 50.4 Å². The zero-order valence-electron chi connectivity index (χ0n) is 17.2. The maximum atomic E-state index is 13.3. The highest BCUT2D eigenvalue weighted by Gasteiger charge is 2.29.